The van der Waals surface area contributed by atoms with Gasteiger partial charge in [0.05, 0.1) is 11.3 Å². The van der Waals surface area contributed by atoms with Crippen molar-refractivity contribution in [3.63, 3.8) is 0 Å². The molecule has 2 heterocycles. The Bertz CT molecular complexity index is 749. The Morgan fingerprint density at radius 2 is 1.89 bits per heavy atom. The minimum absolute atomic E-state index is 0.0950. The first-order valence-corrected chi connectivity index (χ1v) is 10.3. The molecular weight excluding hydrogens is 380 g/mol. The SMILES string of the molecule is CC(CN1CCCC1=O)NC(=O)Nc1cc(Cl)ccc1C(=O)N1CCCCC1. The standard InChI is InChI=1S/C20H27ClN4O3/c1-14(13-25-11-5-6-18(25)26)22-20(28)23-17-12-15(21)7-8-16(17)19(27)24-9-3-2-4-10-24/h7-8,12,14H,2-6,9-11,13H2,1H3,(H2,22,23,28). The van der Waals surface area contributed by atoms with Gasteiger partial charge >= 0.3 is 6.03 Å². The molecule has 1 atom stereocenters. The highest BCUT2D eigenvalue weighted by atomic mass is 35.5. The van der Waals surface area contributed by atoms with E-state index in [1.165, 1.54) is 0 Å². The van der Waals surface area contributed by atoms with Crippen LogP contribution in [0.4, 0.5) is 10.5 Å². The summed E-state index contributed by atoms with van der Waals surface area (Å²) in [5.41, 5.74) is 0.828. The zero-order chi connectivity index (χ0) is 20.1. The first kappa shape index (κ1) is 20.5. The average molecular weight is 407 g/mol. The predicted molar refractivity (Wildman–Crippen MR) is 109 cm³/mol. The van der Waals surface area contributed by atoms with Crippen molar-refractivity contribution in [2.24, 2.45) is 0 Å². The van der Waals surface area contributed by atoms with Crippen molar-refractivity contribution >= 4 is 35.1 Å². The van der Waals surface area contributed by atoms with Crippen LogP contribution in [0.25, 0.3) is 0 Å². The second-order valence-corrected chi connectivity index (χ2v) is 7.92. The van der Waals surface area contributed by atoms with Crippen LogP contribution in [0.1, 0.15) is 49.4 Å². The Kier molecular flexibility index (Phi) is 6.78. The molecule has 2 saturated heterocycles. The number of carbonyl (C=O) groups excluding carboxylic acids is 3. The van der Waals surface area contributed by atoms with Gasteiger partial charge < -0.3 is 20.4 Å². The molecule has 3 rings (SSSR count). The van der Waals surface area contributed by atoms with Crippen LogP contribution in [0.5, 0.6) is 0 Å². The maximum absolute atomic E-state index is 12.9. The van der Waals surface area contributed by atoms with E-state index >= 15 is 0 Å². The normalized spacial score (nSPS) is 18.1. The molecule has 0 bridgehead atoms. The first-order valence-electron chi connectivity index (χ1n) is 9.88. The van der Waals surface area contributed by atoms with Crippen LogP contribution in [0.15, 0.2) is 18.2 Å². The Hall–Kier alpha value is -2.28. The Morgan fingerprint density at radius 3 is 2.57 bits per heavy atom. The van der Waals surface area contributed by atoms with E-state index in [1.54, 1.807) is 23.1 Å². The van der Waals surface area contributed by atoms with E-state index < -0.39 is 6.03 Å². The summed E-state index contributed by atoms with van der Waals surface area (Å²) < 4.78 is 0. The zero-order valence-electron chi connectivity index (χ0n) is 16.2. The molecule has 1 aromatic rings. The highest BCUT2D eigenvalue weighted by Gasteiger charge is 2.24. The lowest BCUT2D eigenvalue weighted by Crippen LogP contribution is -2.44. The van der Waals surface area contributed by atoms with Crippen LogP contribution in [0.2, 0.25) is 5.02 Å². The number of amides is 4. The van der Waals surface area contributed by atoms with Gasteiger partial charge in [0.1, 0.15) is 0 Å². The topological polar surface area (TPSA) is 81.8 Å². The zero-order valence-corrected chi connectivity index (χ0v) is 16.9. The van der Waals surface area contributed by atoms with Gasteiger partial charge in [0.25, 0.3) is 5.91 Å². The average Bonchev–Trinajstić information content (AvgIpc) is 3.06. The third kappa shape index (κ3) is 5.16. The van der Waals surface area contributed by atoms with Gasteiger partial charge in [0.2, 0.25) is 5.91 Å². The van der Waals surface area contributed by atoms with E-state index in [1.807, 2.05) is 11.8 Å². The molecule has 1 unspecified atom stereocenters. The molecule has 28 heavy (non-hydrogen) atoms. The van der Waals surface area contributed by atoms with Crippen molar-refractivity contribution in [3.8, 4) is 0 Å². The van der Waals surface area contributed by atoms with E-state index in [2.05, 4.69) is 10.6 Å². The van der Waals surface area contributed by atoms with E-state index in [0.29, 0.717) is 29.2 Å². The number of hydrogen-bond donors (Lipinski definition) is 2. The quantitative estimate of drug-likeness (QED) is 0.788. The van der Waals surface area contributed by atoms with Gasteiger partial charge in [-0.05, 0) is 50.8 Å². The Labute approximate surface area is 170 Å². The van der Waals surface area contributed by atoms with Gasteiger partial charge in [-0.1, -0.05) is 11.6 Å². The maximum Gasteiger partial charge on any atom is 0.319 e. The van der Waals surface area contributed by atoms with Crippen LogP contribution in [-0.2, 0) is 4.79 Å². The monoisotopic (exact) mass is 406 g/mol. The minimum atomic E-state index is -0.422. The molecule has 2 fully saturated rings. The van der Waals surface area contributed by atoms with Crippen LogP contribution in [0, 0.1) is 0 Å². The molecule has 7 nitrogen and oxygen atoms in total. The van der Waals surface area contributed by atoms with Crippen LogP contribution in [0.3, 0.4) is 0 Å². The van der Waals surface area contributed by atoms with Crippen molar-refractivity contribution in [2.45, 2.75) is 45.1 Å². The number of benzene rings is 1. The summed E-state index contributed by atoms with van der Waals surface area (Å²) in [7, 11) is 0. The third-order valence-electron chi connectivity index (χ3n) is 5.15. The van der Waals surface area contributed by atoms with Crippen molar-refractivity contribution < 1.29 is 14.4 Å². The number of carbonyl (C=O) groups is 3. The van der Waals surface area contributed by atoms with Crippen molar-refractivity contribution in [2.75, 3.05) is 31.5 Å². The van der Waals surface area contributed by atoms with E-state index in [-0.39, 0.29) is 17.9 Å². The maximum atomic E-state index is 12.9. The number of hydrogen-bond acceptors (Lipinski definition) is 3. The van der Waals surface area contributed by atoms with Gasteiger partial charge in [0, 0.05) is 43.7 Å². The molecular formula is C20H27ClN4O3. The second-order valence-electron chi connectivity index (χ2n) is 7.49. The van der Waals surface area contributed by atoms with Gasteiger partial charge in [0.15, 0.2) is 0 Å². The fourth-order valence-electron chi connectivity index (χ4n) is 3.73. The van der Waals surface area contributed by atoms with Crippen LogP contribution >= 0.6 is 11.6 Å². The summed E-state index contributed by atoms with van der Waals surface area (Å²) in [6.45, 7) is 4.52. The van der Waals surface area contributed by atoms with E-state index in [9.17, 15) is 14.4 Å². The summed E-state index contributed by atoms with van der Waals surface area (Å²) in [4.78, 5) is 40.6. The first-order chi connectivity index (χ1) is 13.4. The lowest BCUT2D eigenvalue weighted by molar-refractivity contribution is -0.127. The fraction of sp³-hybridized carbons (Fsp3) is 0.550. The molecule has 0 saturated carbocycles. The lowest BCUT2D eigenvalue weighted by Gasteiger charge is -2.27. The molecule has 2 aliphatic rings. The Balaban J connectivity index is 1.63. The highest BCUT2D eigenvalue weighted by Crippen LogP contribution is 2.24. The van der Waals surface area contributed by atoms with Crippen molar-refractivity contribution in [1.82, 2.24) is 15.1 Å². The molecule has 1 aromatic carbocycles. The number of nitrogens with zero attached hydrogens (tertiary/aromatic N) is 2. The molecule has 0 radical (unpaired) electrons. The van der Waals surface area contributed by atoms with Gasteiger partial charge in [-0.2, -0.15) is 0 Å². The molecule has 4 amide bonds. The lowest BCUT2D eigenvalue weighted by atomic mass is 10.1. The second kappa shape index (κ2) is 9.28. The molecule has 0 aromatic heterocycles. The van der Waals surface area contributed by atoms with E-state index in [0.717, 1.165) is 45.3 Å². The molecule has 152 valence electrons. The van der Waals surface area contributed by atoms with E-state index in [4.69, 9.17) is 11.6 Å². The number of urea groups is 1. The fourth-order valence-corrected chi connectivity index (χ4v) is 3.90. The molecule has 0 spiro atoms. The van der Waals surface area contributed by atoms with Crippen molar-refractivity contribution in [1.29, 1.82) is 0 Å². The number of rotatable bonds is 5. The Morgan fingerprint density at radius 1 is 1.14 bits per heavy atom. The number of nitrogens with one attached hydrogen (secondary N) is 2. The molecule has 2 N–H and O–H groups in total. The summed E-state index contributed by atoms with van der Waals surface area (Å²) in [5.74, 6) is 0.0284. The van der Waals surface area contributed by atoms with Gasteiger partial charge in [-0.15, -0.1) is 0 Å². The predicted octanol–water partition coefficient (Wildman–Crippen LogP) is 3.10. The number of halogens is 1. The summed E-state index contributed by atoms with van der Waals surface area (Å²) in [6, 6.07) is 4.27. The van der Waals surface area contributed by atoms with Gasteiger partial charge in [-0.25, -0.2) is 4.79 Å². The highest BCUT2D eigenvalue weighted by molar-refractivity contribution is 6.31. The molecule has 8 heteroatoms. The summed E-state index contributed by atoms with van der Waals surface area (Å²) in [5, 5.41) is 6.03. The minimum Gasteiger partial charge on any atom is -0.341 e. The van der Waals surface area contributed by atoms with Gasteiger partial charge in [-0.3, -0.25) is 9.59 Å². The molecule has 0 aliphatic carbocycles. The summed E-state index contributed by atoms with van der Waals surface area (Å²) >= 11 is 6.09. The number of likely N-dealkylation sites (tertiary alicyclic amines) is 2. The largest absolute Gasteiger partial charge is 0.341 e. The summed E-state index contributed by atoms with van der Waals surface area (Å²) in [6.07, 6.45) is 4.56. The van der Waals surface area contributed by atoms with Crippen molar-refractivity contribution in [3.05, 3.63) is 28.8 Å². The van der Waals surface area contributed by atoms with Crippen LogP contribution in [-0.4, -0.2) is 59.9 Å². The number of anilines is 1. The third-order valence-corrected chi connectivity index (χ3v) is 5.38. The smallest absolute Gasteiger partial charge is 0.319 e. The number of piperidine rings is 1. The van der Waals surface area contributed by atoms with Crippen LogP contribution < -0.4 is 10.6 Å². The molecule has 2 aliphatic heterocycles.